The third kappa shape index (κ3) is 3.96. The third-order valence-electron chi connectivity index (χ3n) is 3.21. The molecule has 0 saturated carbocycles. The van der Waals surface area contributed by atoms with Gasteiger partial charge in [-0.1, -0.05) is 31.5 Å². The van der Waals surface area contributed by atoms with Gasteiger partial charge in [-0.05, 0) is 25.0 Å². The summed E-state index contributed by atoms with van der Waals surface area (Å²) in [4.78, 5) is 11.2. The van der Waals surface area contributed by atoms with Crippen molar-refractivity contribution in [2.75, 3.05) is 0 Å². The molecule has 0 spiro atoms. The van der Waals surface area contributed by atoms with E-state index in [-0.39, 0.29) is 12.1 Å². The number of rotatable bonds is 6. The second-order valence-corrected chi connectivity index (χ2v) is 4.90. The minimum Gasteiger partial charge on any atom is -0.480 e. The second kappa shape index (κ2) is 6.26. The van der Waals surface area contributed by atoms with E-state index in [0.717, 1.165) is 6.07 Å². The van der Waals surface area contributed by atoms with Crippen LogP contribution in [-0.2, 0) is 17.5 Å². The van der Waals surface area contributed by atoms with Crippen LogP contribution in [-0.4, -0.2) is 16.6 Å². The highest BCUT2D eigenvalue weighted by Crippen LogP contribution is 2.32. The summed E-state index contributed by atoms with van der Waals surface area (Å²) in [7, 11) is 0. The van der Waals surface area contributed by atoms with Gasteiger partial charge in [-0.3, -0.25) is 10.1 Å². The van der Waals surface area contributed by atoms with E-state index in [2.05, 4.69) is 5.32 Å². The molecule has 1 atom stereocenters. The Kier molecular flexibility index (Phi) is 5.16. The Bertz CT molecular complexity index is 474. The van der Waals surface area contributed by atoms with Crippen LogP contribution < -0.4 is 5.32 Å². The van der Waals surface area contributed by atoms with Gasteiger partial charge in [0.25, 0.3) is 0 Å². The van der Waals surface area contributed by atoms with Gasteiger partial charge in [-0.25, -0.2) is 0 Å². The number of carboxylic acids is 1. The average Bonchev–Trinajstić information content (AvgIpc) is 2.36. The van der Waals surface area contributed by atoms with Crippen molar-refractivity contribution in [3.05, 3.63) is 35.4 Å². The van der Waals surface area contributed by atoms with Crippen LogP contribution in [0.15, 0.2) is 24.3 Å². The molecule has 0 bridgehead atoms. The van der Waals surface area contributed by atoms with Gasteiger partial charge in [0.1, 0.15) is 5.54 Å². The first-order chi connectivity index (χ1) is 9.20. The number of benzene rings is 1. The number of hydrogen-bond acceptors (Lipinski definition) is 2. The summed E-state index contributed by atoms with van der Waals surface area (Å²) >= 11 is 0. The van der Waals surface area contributed by atoms with Gasteiger partial charge in [0, 0.05) is 6.54 Å². The fraction of sp³-hybridized carbons (Fsp3) is 0.500. The maximum atomic E-state index is 12.8. The average molecular weight is 289 g/mol. The lowest BCUT2D eigenvalue weighted by Crippen LogP contribution is -2.49. The van der Waals surface area contributed by atoms with E-state index >= 15 is 0 Å². The summed E-state index contributed by atoms with van der Waals surface area (Å²) in [5.41, 5.74) is -1.92. The molecule has 0 amide bonds. The van der Waals surface area contributed by atoms with Gasteiger partial charge < -0.3 is 5.11 Å². The molecule has 6 heteroatoms. The molecule has 0 aromatic heterocycles. The summed E-state index contributed by atoms with van der Waals surface area (Å²) in [6.07, 6.45) is -3.48. The Labute approximate surface area is 115 Å². The largest absolute Gasteiger partial charge is 0.480 e. The molecule has 0 aliphatic rings. The van der Waals surface area contributed by atoms with Gasteiger partial charge in [-0.2, -0.15) is 13.2 Å². The molecule has 0 saturated heterocycles. The van der Waals surface area contributed by atoms with Crippen LogP contribution in [0.4, 0.5) is 13.2 Å². The number of hydrogen-bond donors (Lipinski definition) is 2. The molecule has 0 fully saturated rings. The van der Waals surface area contributed by atoms with Crippen molar-refractivity contribution in [1.82, 2.24) is 5.32 Å². The van der Waals surface area contributed by atoms with E-state index in [1.165, 1.54) is 25.1 Å². The van der Waals surface area contributed by atoms with Crippen LogP contribution in [0.2, 0.25) is 0 Å². The first-order valence-electron chi connectivity index (χ1n) is 6.34. The highest BCUT2D eigenvalue weighted by atomic mass is 19.4. The number of aliphatic carboxylic acids is 1. The number of carbonyl (C=O) groups is 1. The highest BCUT2D eigenvalue weighted by molar-refractivity contribution is 5.78. The maximum absolute atomic E-state index is 12.8. The molecular weight excluding hydrogens is 271 g/mol. The summed E-state index contributed by atoms with van der Waals surface area (Å²) in [6.45, 7) is 3.17. The predicted molar refractivity (Wildman–Crippen MR) is 69.2 cm³/mol. The minimum atomic E-state index is -4.44. The molecule has 3 nitrogen and oxygen atoms in total. The molecule has 0 radical (unpaired) electrons. The summed E-state index contributed by atoms with van der Waals surface area (Å²) < 4.78 is 38.5. The van der Waals surface area contributed by atoms with E-state index in [1.54, 1.807) is 0 Å². The molecule has 1 unspecified atom stereocenters. The molecule has 1 aromatic rings. The zero-order valence-electron chi connectivity index (χ0n) is 11.4. The molecular formula is C14H18F3NO2. The lowest BCUT2D eigenvalue weighted by molar-refractivity contribution is -0.144. The second-order valence-electron chi connectivity index (χ2n) is 4.90. The monoisotopic (exact) mass is 289 g/mol. The van der Waals surface area contributed by atoms with Gasteiger partial charge in [-0.15, -0.1) is 0 Å². The lowest BCUT2D eigenvalue weighted by Gasteiger charge is -2.26. The fourth-order valence-electron chi connectivity index (χ4n) is 2.01. The van der Waals surface area contributed by atoms with Crippen molar-refractivity contribution in [2.45, 2.75) is 44.9 Å². The molecule has 0 aliphatic carbocycles. The van der Waals surface area contributed by atoms with Crippen LogP contribution in [0.3, 0.4) is 0 Å². The van der Waals surface area contributed by atoms with Crippen LogP contribution in [0.5, 0.6) is 0 Å². The molecule has 20 heavy (non-hydrogen) atoms. The molecule has 1 rings (SSSR count). The Balaban J connectivity index is 2.92. The fourth-order valence-corrected chi connectivity index (χ4v) is 2.01. The van der Waals surface area contributed by atoms with E-state index in [4.69, 9.17) is 0 Å². The zero-order chi connectivity index (χ0) is 15.4. The standard InChI is InChI=1S/C14H18F3NO2/c1-3-8-13(2,12(19)20)18-9-10-6-4-5-7-11(10)14(15,16)17/h4-7,18H,3,8-9H2,1-2H3,(H,19,20). The highest BCUT2D eigenvalue weighted by Gasteiger charge is 2.35. The van der Waals surface area contributed by atoms with Crippen molar-refractivity contribution in [3.8, 4) is 0 Å². The Hall–Kier alpha value is -1.56. The number of alkyl halides is 3. The van der Waals surface area contributed by atoms with Crippen LogP contribution >= 0.6 is 0 Å². The van der Waals surface area contributed by atoms with Gasteiger partial charge in [0.05, 0.1) is 5.56 Å². The van der Waals surface area contributed by atoms with Crippen LogP contribution in [0, 0.1) is 0 Å². The summed E-state index contributed by atoms with van der Waals surface area (Å²) in [6, 6.07) is 5.16. The third-order valence-corrected chi connectivity index (χ3v) is 3.21. The van der Waals surface area contributed by atoms with Crippen molar-refractivity contribution in [3.63, 3.8) is 0 Å². The molecule has 0 heterocycles. The van der Waals surface area contributed by atoms with E-state index in [0.29, 0.717) is 12.8 Å². The van der Waals surface area contributed by atoms with Crippen molar-refractivity contribution < 1.29 is 23.1 Å². The van der Waals surface area contributed by atoms with Crippen LogP contribution in [0.1, 0.15) is 37.8 Å². The summed E-state index contributed by atoms with van der Waals surface area (Å²) in [5.74, 6) is -1.07. The predicted octanol–water partition coefficient (Wildman–Crippen LogP) is 3.44. The van der Waals surface area contributed by atoms with E-state index < -0.39 is 23.2 Å². The Morgan fingerprint density at radius 2 is 1.90 bits per heavy atom. The number of halogens is 3. The van der Waals surface area contributed by atoms with Gasteiger partial charge in [0.15, 0.2) is 0 Å². The quantitative estimate of drug-likeness (QED) is 0.843. The molecule has 0 aliphatic heterocycles. The van der Waals surface area contributed by atoms with Crippen molar-refractivity contribution >= 4 is 5.97 Å². The first-order valence-corrected chi connectivity index (χ1v) is 6.34. The molecule has 112 valence electrons. The van der Waals surface area contributed by atoms with Crippen molar-refractivity contribution in [1.29, 1.82) is 0 Å². The smallest absolute Gasteiger partial charge is 0.416 e. The van der Waals surface area contributed by atoms with E-state index in [1.807, 2.05) is 6.92 Å². The Morgan fingerprint density at radius 1 is 1.30 bits per heavy atom. The number of carboxylic acid groups (broad SMARTS) is 1. The van der Waals surface area contributed by atoms with Gasteiger partial charge >= 0.3 is 12.1 Å². The van der Waals surface area contributed by atoms with Crippen LogP contribution in [0.25, 0.3) is 0 Å². The van der Waals surface area contributed by atoms with E-state index in [9.17, 15) is 23.1 Å². The number of nitrogens with one attached hydrogen (secondary N) is 1. The summed E-state index contributed by atoms with van der Waals surface area (Å²) in [5, 5.41) is 11.9. The molecule has 2 N–H and O–H groups in total. The first kappa shape index (κ1) is 16.5. The lowest BCUT2D eigenvalue weighted by atomic mass is 9.95. The molecule has 1 aromatic carbocycles. The maximum Gasteiger partial charge on any atom is 0.416 e. The van der Waals surface area contributed by atoms with Gasteiger partial charge in [0.2, 0.25) is 0 Å². The zero-order valence-corrected chi connectivity index (χ0v) is 11.4. The van der Waals surface area contributed by atoms with Crippen molar-refractivity contribution in [2.24, 2.45) is 0 Å². The normalized spacial score (nSPS) is 14.8. The Morgan fingerprint density at radius 3 is 2.40 bits per heavy atom. The minimum absolute atomic E-state index is 0.0450. The SMILES string of the molecule is CCCC(C)(NCc1ccccc1C(F)(F)F)C(=O)O. The topological polar surface area (TPSA) is 49.3 Å².